The number of benzene rings is 6. The van der Waals surface area contributed by atoms with Crippen LogP contribution < -0.4 is 14.6 Å². The summed E-state index contributed by atoms with van der Waals surface area (Å²) in [5.74, 6) is -33.7. The Hall–Kier alpha value is -3.86. The van der Waals surface area contributed by atoms with Crippen molar-refractivity contribution in [3.05, 3.63) is 177 Å². The second-order valence-corrected chi connectivity index (χ2v) is 37.4. The van der Waals surface area contributed by atoms with Gasteiger partial charge in [-0.2, -0.15) is 8.78 Å². The Labute approximate surface area is 686 Å². The number of ether oxygens (including phenoxy) is 6. The average Bonchev–Trinajstić information content (AvgIpc) is 0.787. The van der Waals surface area contributed by atoms with Gasteiger partial charge in [-0.1, -0.05) is 94.2 Å². The third kappa shape index (κ3) is 30.8. The molecule has 3 fully saturated rings. The van der Waals surface area contributed by atoms with E-state index in [-0.39, 0.29) is 74.4 Å². The molecule has 108 heavy (non-hydrogen) atoms. The topological polar surface area (TPSA) is 206 Å². The van der Waals surface area contributed by atoms with Crippen LogP contribution in [0.25, 0.3) is 0 Å². The predicted octanol–water partition coefficient (Wildman–Crippen LogP) is 15.5. The Balaban J connectivity index is 0.000000340. The van der Waals surface area contributed by atoms with E-state index in [1.165, 1.54) is 67.6 Å². The number of aliphatic hydroxyl groups excluding tert-OH is 1. The first-order chi connectivity index (χ1) is 51.7. The van der Waals surface area contributed by atoms with Crippen LogP contribution >= 0.6 is 47.8 Å². The number of hydrogen-bond donors (Lipinski definition) is 4. The molecule has 33 heteroatoms. The molecule has 0 unspecified atom stereocenters. The van der Waals surface area contributed by atoms with Gasteiger partial charge < -0.3 is 39.0 Å². The van der Waals surface area contributed by atoms with Crippen molar-refractivity contribution >= 4 is 148 Å². The quantitative estimate of drug-likeness (QED) is 0.00994. The first-order valence-corrected chi connectivity index (χ1v) is 46.1. The standard InChI is InChI=1S/C19H24F4O5.C12H23BrO2.2C7H2F4O3.C6H12Br2.C6H12O2.3C6H5.3Bi.2H/c1-2-19(10-27-11-19)9-26-7-5-3-4-6-8-28-17-15(22)13(20)12(18(24)25)14(21)16(17)23;1-2-12(10-15-11-12)9-14-8-6-4-3-5-7-13;2*8-2-1(7(13)14)3(9)5(11)6(12)4(2)10;7-5-3-1-2-4-6-8;1-2-6(3-7)4-8-5-6;3*1-2-4-6-5-3-1;;;;;/h2-11H2,1H3,(H,24,25);2-11H2,1H3;2*12H,(H,13,14);1-6H2;7H,2-5H2,1H3;3*1-5H;;;;;/q;;;;;;;;;;2*+1;;/p-2. The third-order valence-corrected chi connectivity index (χ3v) is 29.6. The van der Waals surface area contributed by atoms with Crippen LogP contribution in [0.4, 0.5) is 52.7 Å². The number of phenols is 2. The number of carbonyl (C=O) groups is 3. The van der Waals surface area contributed by atoms with Crippen molar-refractivity contribution < 1.29 is 122 Å². The summed E-state index contributed by atoms with van der Waals surface area (Å²) >= 11 is 7.79. The zero-order valence-electron chi connectivity index (χ0n) is 59.8. The van der Waals surface area contributed by atoms with Crippen molar-refractivity contribution in [3.63, 3.8) is 0 Å². The van der Waals surface area contributed by atoms with E-state index >= 15 is 0 Å². The molecule has 4 N–H and O–H groups in total. The normalized spacial score (nSPS) is 13.8. The molecular weight excluding hydrogens is 2240 g/mol. The molecule has 0 amide bonds. The molecule has 0 saturated carbocycles. The molecule has 3 saturated heterocycles. The Kier molecular flexibility index (Phi) is 48.5. The molecule has 9 rings (SSSR count). The fourth-order valence-corrected chi connectivity index (χ4v) is 20.7. The number of phenolic OH excluding ortho intramolecular Hbond substituents is 2. The summed E-state index contributed by atoms with van der Waals surface area (Å²) in [4.78, 5) is 32.3. The molecule has 600 valence electrons. The van der Waals surface area contributed by atoms with E-state index < -0.39 is 143 Å². The average molecular weight is 2330 g/mol. The number of rotatable bonds is 33. The number of carboxylic acid groups (broad SMARTS) is 1. The summed E-state index contributed by atoms with van der Waals surface area (Å²) < 4.78 is 202. The monoisotopic (exact) mass is 2320 g/mol. The molecule has 15 nitrogen and oxygen atoms in total. The van der Waals surface area contributed by atoms with Crippen molar-refractivity contribution in [1.29, 1.82) is 0 Å². The Morgan fingerprint density at radius 1 is 0.417 bits per heavy atom. The van der Waals surface area contributed by atoms with Gasteiger partial charge in [-0.3, -0.25) is 0 Å². The summed E-state index contributed by atoms with van der Waals surface area (Å²) in [6, 6.07) is 33.0. The molecule has 6 aromatic rings. The van der Waals surface area contributed by atoms with E-state index in [2.05, 4.69) is 165 Å². The number of carboxylic acids is 1. The van der Waals surface area contributed by atoms with Gasteiger partial charge in [0.1, 0.15) is 5.56 Å². The van der Waals surface area contributed by atoms with E-state index in [4.69, 9.17) is 48.8 Å². The second-order valence-electron chi connectivity index (χ2n) is 24.8. The number of aromatic hydroxyl groups is 2. The molecular formula is C75H90Bi3Br3F12O15. The Morgan fingerprint density at radius 3 is 0.935 bits per heavy atom. The van der Waals surface area contributed by atoms with Crippen molar-refractivity contribution in [3.8, 4) is 17.2 Å². The Morgan fingerprint density at radius 2 is 0.694 bits per heavy atom. The maximum atomic E-state index is 13.9. The fourth-order valence-electron chi connectivity index (χ4n) is 9.77. The van der Waals surface area contributed by atoms with Crippen molar-refractivity contribution in [1.82, 2.24) is 0 Å². The van der Waals surface area contributed by atoms with E-state index in [1.54, 1.807) is 0 Å². The molecule has 0 atom stereocenters. The van der Waals surface area contributed by atoms with Gasteiger partial charge in [-0.15, -0.1) is 0 Å². The van der Waals surface area contributed by atoms with Gasteiger partial charge in [-0.05, 0) is 44.9 Å². The summed E-state index contributed by atoms with van der Waals surface area (Å²) in [6.45, 7) is 14.4. The van der Waals surface area contributed by atoms with E-state index in [1.807, 2.05) is 0 Å². The van der Waals surface area contributed by atoms with Crippen LogP contribution in [0.3, 0.4) is 0 Å². The third-order valence-electron chi connectivity index (χ3n) is 17.0. The fraction of sp³-hybridized carbons (Fsp3) is 0.480. The number of unbranched alkanes of at least 4 members (excludes halogenated alkanes) is 9. The van der Waals surface area contributed by atoms with Gasteiger partial charge in [0.05, 0.1) is 59.5 Å². The number of carbonyl (C=O) groups excluding carboxylic acids is 2. The first-order valence-electron chi connectivity index (χ1n) is 34.4. The summed E-state index contributed by atoms with van der Waals surface area (Å²) in [6.07, 6.45) is 16.5. The van der Waals surface area contributed by atoms with Crippen LogP contribution in [0.15, 0.2) is 91.0 Å². The summed E-state index contributed by atoms with van der Waals surface area (Å²) in [5.41, 5.74) is -4.01. The second kappa shape index (κ2) is 53.3. The molecule has 3 aliphatic heterocycles. The zero-order chi connectivity index (χ0) is 80.4. The SMILES string of the molecule is BrCCCCCCBr.CCC1(CO)COC1.CCC1(COCCCCCCBr)COC1.CCC1(COCCCCCCOc2c(F)c(F)c(C(=O)[O][BiH])c(F)c2F)COC1.O=C(O)c1c(F)c(F)c(O)c(F)c1F.O=C([O][BiH])c1c(F)c(F)c(O)c(F)c1F.c1cc[c]([Bi]([c]2ccccc2)[c]2ccccc2)cc1. The van der Waals surface area contributed by atoms with Gasteiger partial charge in [0.25, 0.3) is 0 Å². The molecule has 3 heterocycles. The number of halogens is 15. The van der Waals surface area contributed by atoms with Crippen LogP contribution in [0.1, 0.15) is 148 Å². The molecule has 0 aromatic heterocycles. The van der Waals surface area contributed by atoms with E-state index in [0.29, 0.717) is 31.5 Å². The predicted molar refractivity (Wildman–Crippen MR) is 400 cm³/mol. The van der Waals surface area contributed by atoms with Crippen molar-refractivity contribution in [2.45, 2.75) is 117 Å². The minimum absolute atomic E-state index is 0.117. The van der Waals surface area contributed by atoms with Gasteiger partial charge in [0, 0.05) is 45.4 Å². The molecule has 0 spiro atoms. The molecule has 2 radical (unpaired) electrons. The molecule has 6 aromatic carbocycles. The molecule has 0 aliphatic carbocycles. The summed E-state index contributed by atoms with van der Waals surface area (Å²) in [7, 11) is 0. The molecule has 3 aliphatic rings. The van der Waals surface area contributed by atoms with Crippen LogP contribution in [0.2, 0.25) is 0 Å². The van der Waals surface area contributed by atoms with Crippen LogP contribution in [-0.4, -0.2) is 206 Å². The van der Waals surface area contributed by atoms with Crippen LogP contribution in [-0.2, 0) is 29.3 Å². The van der Waals surface area contributed by atoms with Crippen molar-refractivity contribution in [2.24, 2.45) is 16.2 Å². The van der Waals surface area contributed by atoms with Crippen LogP contribution in [0, 0.1) is 86.1 Å². The van der Waals surface area contributed by atoms with Gasteiger partial charge >= 0.3 is 352 Å². The minimum atomic E-state index is -2.17. The van der Waals surface area contributed by atoms with Gasteiger partial charge in [-0.25, -0.2) is 13.6 Å². The number of hydrogen-bond acceptors (Lipinski definition) is 14. The Bertz CT molecular complexity index is 3450. The van der Waals surface area contributed by atoms with Gasteiger partial charge in [0.2, 0.25) is 11.6 Å². The number of alkyl halides is 3. The number of aromatic carboxylic acids is 1. The van der Waals surface area contributed by atoms with E-state index in [9.17, 15) is 67.1 Å². The maximum absolute atomic E-state index is 13.9. The van der Waals surface area contributed by atoms with E-state index in [0.717, 1.165) is 94.5 Å². The first kappa shape index (κ1) is 98.3. The van der Waals surface area contributed by atoms with Crippen LogP contribution in [0.5, 0.6) is 17.2 Å². The summed E-state index contributed by atoms with van der Waals surface area (Å²) in [5, 5.41) is 37.4. The van der Waals surface area contributed by atoms with Gasteiger partial charge in [0.15, 0.2) is 17.4 Å². The molecule has 0 bridgehead atoms. The zero-order valence-corrected chi connectivity index (χ0v) is 75.8. The number of aliphatic hydroxyl groups is 1. The van der Waals surface area contributed by atoms with Crippen molar-refractivity contribution in [2.75, 3.05) is 95.3 Å².